The van der Waals surface area contributed by atoms with E-state index in [-0.39, 0.29) is 11.9 Å². The first-order valence-electron chi connectivity index (χ1n) is 7.78. The van der Waals surface area contributed by atoms with E-state index in [1.165, 1.54) is 11.5 Å². The molecule has 0 aliphatic carbocycles. The van der Waals surface area contributed by atoms with Gasteiger partial charge < -0.3 is 19.7 Å². The van der Waals surface area contributed by atoms with Crippen LogP contribution >= 0.6 is 11.5 Å². The van der Waals surface area contributed by atoms with Crippen molar-refractivity contribution in [1.29, 1.82) is 0 Å². The zero-order valence-corrected chi connectivity index (χ0v) is 14.7. The fourth-order valence-electron chi connectivity index (χ4n) is 2.62. The van der Waals surface area contributed by atoms with Gasteiger partial charge in [0.05, 0.1) is 19.9 Å². The highest BCUT2D eigenvalue weighted by atomic mass is 32.1. The van der Waals surface area contributed by atoms with Gasteiger partial charge in [-0.3, -0.25) is 4.79 Å². The molecule has 2 aromatic rings. The Labute approximate surface area is 144 Å². The van der Waals surface area contributed by atoms with Gasteiger partial charge in [-0.1, -0.05) is 6.92 Å². The van der Waals surface area contributed by atoms with Crippen molar-refractivity contribution in [3.8, 4) is 11.5 Å². The van der Waals surface area contributed by atoms with Crippen molar-refractivity contribution in [2.24, 2.45) is 0 Å². The first-order valence-corrected chi connectivity index (χ1v) is 8.55. The summed E-state index contributed by atoms with van der Waals surface area (Å²) in [6.07, 6.45) is 1.49. The summed E-state index contributed by atoms with van der Waals surface area (Å²) in [6, 6.07) is 5.17. The highest BCUT2D eigenvalue weighted by molar-refractivity contribution is 7.09. The highest BCUT2D eigenvalue weighted by Crippen LogP contribution is 2.31. The van der Waals surface area contributed by atoms with Crippen molar-refractivity contribution in [3.05, 3.63) is 24.0 Å². The Morgan fingerprint density at radius 2 is 2.00 bits per heavy atom. The van der Waals surface area contributed by atoms with Crippen LogP contribution in [0.2, 0.25) is 0 Å². The fraction of sp³-hybridized carbons (Fsp3) is 0.438. The van der Waals surface area contributed by atoms with Gasteiger partial charge in [0.25, 0.3) is 0 Å². The molecule has 3 rings (SSSR count). The number of hydrogen-bond donors (Lipinski definition) is 1. The van der Waals surface area contributed by atoms with Crippen LogP contribution < -0.4 is 19.7 Å². The van der Waals surface area contributed by atoms with Crippen molar-refractivity contribution in [2.75, 3.05) is 31.0 Å². The van der Waals surface area contributed by atoms with Gasteiger partial charge in [-0.05, 0) is 6.42 Å². The summed E-state index contributed by atoms with van der Waals surface area (Å²) < 4.78 is 14.8. The average Bonchev–Trinajstić information content (AvgIpc) is 3.22. The van der Waals surface area contributed by atoms with E-state index in [1.807, 2.05) is 19.1 Å². The van der Waals surface area contributed by atoms with E-state index in [1.54, 1.807) is 25.2 Å². The van der Waals surface area contributed by atoms with E-state index in [4.69, 9.17) is 9.47 Å². The average molecular weight is 348 g/mol. The first-order chi connectivity index (χ1) is 11.6. The molecule has 7 nitrogen and oxygen atoms in total. The number of carbonyl (C=O) groups excluding carboxylic acids is 1. The smallest absolute Gasteiger partial charge is 0.249 e. The molecule has 128 valence electrons. The van der Waals surface area contributed by atoms with Gasteiger partial charge >= 0.3 is 0 Å². The lowest BCUT2D eigenvalue weighted by molar-refractivity contribution is -0.117. The van der Waals surface area contributed by atoms with Crippen molar-refractivity contribution in [1.82, 2.24) is 9.36 Å². The predicted octanol–water partition coefficient (Wildman–Crippen LogP) is 2.34. The summed E-state index contributed by atoms with van der Waals surface area (Å²) >= 11 is 1.29. The SMILES string of the molecule is CCc1nsc(N[C@@H]2CCN(c3cc(OC)cc(OC)c3)C2=O)n1. The largest absolute Gasteiger partial charge is 0.497 e. The van der Waals surface area contributed by atoms with E-state index in [0.717, 1.165) is 17.9 Å². The van der Waals surface area contributed by atoms with Crippen molar-refractivity contribution < 1.29 is 14.3 Å². The maximum atomic E-state index is 12.7. The Morgan fingerprint density at radius 3 is 2.58 bits per heavy atom. The number of carbonyl (C=O) groups is 1. The van der Waals surface area contributed by atoms with Gasteiger partial charge in [0.1, 0.15) is 23.4 Å². The molecule has 1 atom stereocenters. The standard InChI is InChI=1S/C16H20N4O3S/c1-4-14-18-16(24-19-14)17-13-5-6-20(15(13)21)10-7-11(22-2)9-12(8-10)23-3/h7-9,13H,4-6H2,1-3H3,(H,17,18,19)/t13-/m1/s1. The number of hydrogen-bond acceptors (Lipinski definition) is 7. The van der Waals surface area contributed by atoms with E-state index >= 15 is 0 Å². The summed E-state index contributed by atoms with van der Waals surface area (Å²) in [5.41, 5.74) is 0.770. The van der Waals surface area contributed by atoms with Crippen LogP contribution in [0, 0.1) is 0 Å². The number of rotatable bonds is 6. The molecule has 1 saturated heterocycles. The number of ether oxygens (including phenoxy) is 2. The van der Waals surface area contributed by atoms with Crippen LogP contribution in [0.3, 0.4) is 0 Å². The molecule has 1 aliphatic rings. The topological polar surface area (TPSA) is 76.6 Å². The molecule has 1 aromatic heterocycles. The van der Waals surface area contributed by atoms with E-state index in [0.29, 0.717) is 29.6 Å². The molecule has 1 amide bonds. The molecule has 2 heterocycles. The minimum absolute atomic E-state index is 0.0126. The second-order valence-electron chi connectivity index (χ2n) is 5.42. The molecule has 8 heteroatoms. The third kappa shape index (κ3) is 3.28. The third-order valence-corrected chi connectivity index (χ3v) is 4.62. The normalized spacial score (nSPS) is 17.2. The third-order valence-electron chi connectivity index (χ3n) is 3.94. The summed E-state index contributed by atoms with van der Waals surface area (Å²) in [7, 11) is 3.19. The number of nitrogens with zero attached hydrogens (tertiary/aromatic N) is 3. The number of methoxy groups -OCH3 is 2. The lowest BCUT2D eigenvalue weighted by Gasteiger charge is -2.18. The van der Waals surface area contributed by atoms with E-state index < -0.39 is 0 Å². The predicted molar refractivity (Wildman–Crippen MR) is 93.2 cm³/mol. The Balaban J connectivity index is 1.76. The fourth-order valence-corrected chi connectivity index (χ4v) is 3.33. The summed E-state index contributed by atoms with van der Waals surface area (Å²) in [4.78, 5) is 18.8. The zero-order chi connectivity index (χ0) is 17.1. The number of amides is 1. The molecule has 0 spiro atoms. The van der Waals surface area contributed by atoms with Crippen molar-refractivity contribution >= 4 is 28.3 Å². The van der Waals surface area contributed by atoms with Crippen LogP contribution in [0.1, 0.15) is 19.2 Å². The van der Waals surface area contributed by atoms with Gasteiger partial charge in [-0.25, -0.2) is 4.98 Å². The van der Waals surface area contributed by atoms with E-state index in [2.05, 4.69) is 14.7 Å². The van der Waals surface area contributed by atoms with Crippen molar-refractivity contribution in [3.63, 3.8) is 0 Å². The summed E-state index contributed by atoms with van der Waals surface area (Å²) in [5.74, 6) is 2.12. The molecule has 1 N–H and O–H groups in total. The Kier molecular flexibility index (Phi) is 4.84. The van der Waals surface area contributed by atoms with Crippen LogP contribution in [-0.2, 0) is 11.2 Å². The minimum Gasteiger partial charge on any atom is -0.497 e. The van der Waals surface area contributed by atoms with Gasteiger partial charge in [-0.2, -0.15) is 4.37 Å². The molecule has 1 aromatic carbocycles. The van der Waals surface area contributed by atoms with Gasteiger partial charge in [0, 0.05) is 42.7 Å². The lowest BCUT2D eigenvalue weighted by atomic mass is 10.2. The number of aryl methyl sites for hydroxylation is 1. The van der Waals surface area contributed by atoms with Gasteiger partial charge in [0.15, 0.2) is 0 Å². The molecule has 0 saturated carbocycles. The molecular weight excluding hydrogens is 328 g/mol. The van der Waals surface area contributed by atoms with Crippen LogP contribution in [0.4, 0.5) is 10.8 Å². The second-order valence-corrected chi connectivity index (χ2v) is 6.17. The van der Waals surface area contributed by atoms with Gasteiger partial charge in [0.2, 0.25) is 11.0 Å². The number of benzene rings is 1. The highest BCUT2D eigenvalue weighted by Gasteiger charge is 2.33. The summed E-state index contributed by atoms with van der Waals surface area (Å²) in [5, 5.41) is 3.88. The molecule has 24 heavy (non-hydrogen) atoms. The molecule has 0 radical (unpaired) electrons. The van der Waals surface area contributed by atoms with Crippen LogP contribution in [0.25, 0.3) is 0 Å². The quantitative estimate of drug-likeness (QED) is 0.863. The van der Waals surface area contributed by atoms with Crippen molar-refractivity contribution in [2.45, 2.75) is 25.8 Å². The summed E-state index contributed by atoms with van der Waals surface area (Å²) in [6.45, 7) is 2.64. The molecule has 0 bridgehead atoms. The Hall–Kier alpha value is -2.35. The maximum absolute atomic E-state index is 12.7. The monoisotopic (exact) mass is 348 g/mol. The zero-order valence-electron chi connectivity index (χ0n) is 13.9. The Morgan fingerprint density at radius 1 is 1.29 bits per heavy atom. The number of aromatic nitrogens is 2. The minimum atomic E-state index is -0.292. The molecule has 0 unspecified atom stereocenters. The first kappa shape index (κ1) is 16.5. The lowest BCUT2D eigenvalue weighted by Crippen LogP contribution is -2.33. The maximum Gasteiger partial charge on any atom is 0.249 e. The van der Waals surface area contributed by atoms with Crippen LogP contribution in [0.15, 0.2) is 18.2 Å². The second kappa shape index (κ2) is 7.04. The van der Waals surface area contributed by atoms with E-state index in [9.17, 15) is 4.79 Å². The Bertz CT molecular complexity index is 712. The van der Waals surface area contributed by atoms with Gasteiger partial charge in [-0.15, -0.1) is 0 Å². The number of anilines is 2. The molecule has 1 fully saturated rings. The number of nitrogens with one attached hydrogen (secondary N) is 1. The molecular formula is C16H20N4O3S. The van der Waals surface area contributed by atoms with Crippen LogP contribution in [0.5, 0.6) is 11.5 Å². The molecule has 1 aliphatic heterocycles. The van der Waals surface area contributed by atoms with Crippen LogP contribution in [-0.4, -0.2) is 42.1 Å².